The van der Waals surface area contributed by atoms with Gasteiger partial charge in [-0.1, -0.05) is 16.8 Å². The van der Waals surface area contributed by atoms with E-state index in [1.165, 1.54) is 19.9 Å². The Morgan fingerprint density at radius 1 is 1.45 bits per heavy atom. The first-order valence-corrected chi connectivity index (χ1v) is 6.55. The lowest BCUT2D eigenvalue weighted by Gasteiger charge is -2.13. The monoisotopic (exact) mass is 336 g/mol. The van der Waals surface area contributed by atoms with Crippen molar-refractivity contribution in [3.05, 3.63) is 28.2 Å². The van der Waals surface area contributed by atoms with Crippen molar-refractivity contribution in [2.24, 2.45) is 0 Å². The van der Waals surface area contributed by atoms with Gasteiger partial charge in [-0.15, -0.1) is 0 Å². The van der Waals surface area contributed by atoms with Gasteiger partial charge in [0.1, 0.15) is 11.8 Å². The summed E-state index contributed by atoms with van der Waals surface area (Å²) in [6, 6.07) is 0.472. The Kier molecular flexibility index (Phi) is 4.19. The molecule has 0 aliphatic carbocycles. The van der Waals surface area contributed by atoms with E-state index in [0.717, 1.165) is 4.68 Å². The summed E-state index contributed by atoms with van der Waals surface area (Å²) < 4.78 is 44.0. The minimum Gasteiger partial charge on any atom is -0.360 e. The van der Waals surface area contributed by atoms with Gasteiger partial charge in [-0.2, -0.15) is 18.3 Å². The molecule has 0 spiro atoms. The van der Waals surface area contributed by atoms with Crippen LogP contribution >= 0.6 is 11.6 Å². The summed E-state index contributed by atoms with van der Waals surface area (Å²) in [4.78, 5) is 12.1. The Bertz CT molecular complexity index is 708. The molecule has 2 heterocycles. The minimum absolute atomic E-state index is 0.0491. The number of hydrogen-bond donors (Lipinski definition) is 1. The second kappa shape index (κ2) is 5.64. The van der Waals surface area contributed by atoms with Gasteiger partial charge in [0.2, 0.25) is 5.91 Å². The average molecular weight is 337 g/mol. The summed E-state index contributed by atoms with van der Waals surface area (Å²) in [6.07, 6.45) is -4.69. The molecule has 1 atom stereocenters. The fraction of sp³-hybridized carbons (Fsp3) is 0.417. The highest BCUT2D eigenvalue weighted by Crippen LogP contribution is 2.36. The van der Waals surface area contributed by atoms with Gasteiger partial charge in [0, 0.05) is 6.07 Å². The Morgan fingerprint density at radius 2 is 2.09 bits per heavy atom. The molecule has 120 valence electrons. The molecule has 22 heavy (non-hydrogen) atoms. The highest BCUT2D eigenvalue weighted by atomic mass is 35.5. The van der Waals surface area contributed by atoms with Crippen LogP contribution in [0, 0.1) is 13.8 Å². The van der Waals surface area contributed by atoms with Gasteiger partial charge < -0.3 is 9.84 Å². The van der Waals surface area contributed by atoms with E-state index in [-0.39, 0.29) is 11.5 Å². The first-order chi connectivity index (χ1) is 10.1. The second-order valence-electron chi connectivity index (χ2n) is 4.68. The fourth-order valence-corrected chi connectivity index (χ4v) is 2.06. The minimum atomic E-state index is -4.69. The zero-order valence-electron chi connectivity index (χ0n) is 11.8. The van der Waals surface area contributed by atoms with E-state index < -0.39 is 28.8 Å². The molecule has 0 aliphatic rings. The van der Waals surface area contributed by atoms with Gasteiger partial charge in [0.15, 0.2) is 11.5 Å². The van der Waals surface area contributed by atoms with E-state index >= 15 is 0 Å². The van der Waals surface area contributed by atoms with Crippen molar-refractivity contribution in [2.75, 3.05) is 5.32 Å². The fourth-order valence-electron chi connectivity index (χ4n) is 1.82. The third-order valence-electron chi connectivity index (χ3n) is 2.97. The number of nitrogens with zero attached hydrogens (tertiary/aromatic N) is 3. The Labute approximate surface area is 128 Å². The molecule has 1 N–H and O–H groups in total. The molecule has 2 aromatic rings. The van der Waals surface area contributed by atoms with Gasteiger partial charge in [-0.05, 0) is 20.8 Å². The van der Waals surface area contributed by atoms with Crippen LogP contribution in [0.1, 0.15) is 30.1 Å². The number of rotatable bonds is 3. The number of carbonyl (C=O) groups excluding carboxylic acids is 1. The van der Waals surface area contributed by atoms with Crippen LogP contribution in [0.3, 0.4) is 0 Å². The molecule has 0 aliphatic heterocycles. The SMILES string of the molecule is Cc1cc(NC(=O)[C@@H](C)n2nc(C(F)(F)F)c(Cl)c2C)no1. The molecule has 2 rings (SSSR count). The van der Waals surface area contributed by atoms with E-state index in [4.69, 9.17) is 16.1 Å². The van der Waals surface area contributed by atoms with E-state index in [1.54, 1.807) is 6.92 Å². The van der Waals surface area contributed by atoms with Crippen LogP contribution in [0.4, 0.5) is 19.0 Å². The largest absolute Gasteiger partial charge is 0.436 e. The summed E-state index contributed by atoms with van der Waals surface area (Å²) in [7, 11) is 0. The molecular weight excluding hydrogens is 325 g/mol. The van der Waals surface area contributed by atoms with Gasteiger partial charge in [0.05, 0.1) is 10.7 Å². The van der Waals surface area contributed by atoms with Crippen molar-refractivity contribution in [1.29, 1.82) is 0 Å². The number of nitrogens with one attached hydrogen (secondary N) is 1. The third-order valence-corrected chi connectivity index (χ3v) is 3.42. The Morgan fingerprint density at radius 3 is 2.55 bits per heavy atom. The maximum Gasteiger partial charge on any atom is 0.436 e. The van der Waals surface area contributed by atoms with E-state index in [2.05, 4.69) is 15.6 Å². The first-order valence-electron chi connectivity index (χ1n) is 6.17. The normalized spacial score (nSPS) is 13.2. The summed E-state index contributed by atoms with van der Waals surface area (Å²) in [5.74, 6) is 0.0613. The third kappa shape index (κ3) is 3.08. The Balaban J connectivity index is 2.25. The number of halogens is 4. The van der Waals surface area contributed by atoms with Crippen LogP contribution < -0.4 is 5.32 Å². The maximum absolute atomic E-state index is 12.8. The van der Waals surface area contributed by atoms with Gasteiger partial charge >= 0.3 is 6.18 Å². The number of hydrogen-bond acceptors (Lipinski definition) is 4. The predicted molar refractivity (Wildman–Crippen MR) is 71.6 cm³/mol. The summed E-state index contributed by atoms with van der Waals surface area (Å²) in [6.45, 7) is 4.40. The molecule has 0 saturated carbocycles. The molecule has 10 heteroatoms. The molecule has 1 amide bonds. The van der Waals surface area contributed by atoms with Crippen molar-refractivity contribution < 1.29 is 22.5 Å². The lowest BCUT2D eigenvalue weighted by Crippen LogP contribution is -2.25. The van der Waals surface area contributed by atoms with Crippen LogP contribution in [-0.4, -0.2) is 20.8 Å². The van der Waals surface area contributed by atoms with E-state index in [9.17, 15) is 18.0 Å². The van der Waals surface area contributed by atoms with Crippen LogP contribution in [0.2, 0.25) is 5.02 Å². The number of aromatic nitrogens is 3. The molecule has 0 saturated heterocycles. The number of aryl methyl sites for hydroxylation is 1. The highest BCUT2D eigenvalue weighted by Gasteiger charge is 2.39. The quantitative estimate of drug-likeness (QED) is 0.932. The standard InChI is InChI=1S/C12H12ClF3N4O2/c1-5-4-8(19-22-5)17-11(21)7(3)20-6(2)9(13)10(18-20)12(14,15)16/h4,7H,1-3H3,(H,17,19,21)/t7-/m1/s1. The average Bonchev–Trinajstić information content (AvgIpc) is 2.93. The Hall–Kier alpha value is -2.03. The molecule has 0 bridgehead atoms. The highest BCUT2D eigenvalue weighted by molar-refractivity contribution is 6.32. The molecule has 0 aromatic carbocycles. The van der Waals surface area contributed by atoms with Gasteiger partial charge in [-0.25, -0.2) is 0 Å². The van der Waals surface area contributed by atoms with Crippen molar-refractivity contribution >= 4 is 23.3 Å². The molecular formula is C12H12ClF3N4O2. The van der Waals surface area contributed by atoms with Crippen LogP contribution in [-0.2, 0) is 11.0 Å². The summed E-state index contributed by atoms with van der Waals surface area (Å²) >= 11 is 5.65. The molecule has 2 aromatic heterocycles. The second-order valence-corrected chi connectivity index (χ2v) is 5.06. The van der Waals surface area contributed by atoms with Crippen molar-refractivity contribution in [1.82, 2.24) is 14.9 Å². The van der Waals surface area contributed by atoms with Crippen molar-refractivity contribution in [3.63, 3.8) is 0 Å². The van der Waals surface area contributed by atoms with Crippen LogP contribution in [0.5, 0.6) is 0 Å². The zero-order chi connectivity index (χ0) is 16.7. The van der Waals surface area contributed by atoms with Crippen LogP contribution in [0.25, 0.3) is 0 Å². The predicted octanol–water partition coefficient (Wildman–Crippen LogP) is 3.36. The number of anilines is 1. The van der Waals surface area contributed by atoms with Gasteiger partial charge in [0.25, 0.3) is 0 Å². The number of carbonyl (C=O) groups is 1. The summed E-state index contributed by atoms with van der Waals surface area (Å²) in [5, 5.41) is 8.88. The lowest BCUT2D eigenvalue weighted by molar-refractivity contribution is -0.141. The zero-order valence-corrected chi connectivity index (χ0v) is 12.6. The van der Waals surface area contributed by atoms with Crippen LogP contribution in [0.15, 0.2) is 10.6 Å². The van der Waals surface area contributed by atoms with E-state index in [1.807, 2.05) is 0 Å². The van der Waals surface area contributed by atoms with Crippen molar-refractivity contribution in [2.45, 2.75) is 33.0 Å². The van der Waals surface area contributed by atoms with Gasteiger partial charge in [-0.3, -0.25) is 9.48 Å². The molecule has 0 fully saturated rings. The summed E-state index contributed by atoms with van der Waals surface area (Å²) in [5.41, 5.74) is -1.17. The van der Waals surface area contributed by atoms with Crippen molar-refractivity contribution in [3.8, 4) is 0 Å². The number of amides is 1. The molecule has 0 unspecified atom stereocenters. The maximum atomic E-state index is 12.8. The molecule has 0 radical (unpaired) electrons. The first kappa shape index (κ1) is 16.3. The number of alkyl halides is 3. The topological polar surface area (TPSA) is 73.0 Å². The smallest absolute Gasteiger partial charge is 0.360 e. The molecule has 6 nitrogen and oxygen atoms in total. The van der Waals surface area contributed by atoms with E-state index in [0.29, 0.717) is 5.76 Å². The lowest BCUT2D eigenvalue weighted by atomic mass is 10.3.